The first-order chi connectivity index (χ1) is 6.31. The Bertz CT molecular complexity index is 355. The van der Waals surface area contributed by atoms with E-state index in [0.29, 0.717) is 0 Å². The van der Waals surface area contributed by atoms with Gasteiger partial charge in [0.1, 0.15) is 5.84 Å². The average molecular weight is 175 g/mol. The standard InChI is InChI=1S/C10H13N3/c1-7-2-3-8-4-5-12-10(13-11)9(8)6-7/h2-3,6H,4-5,11H2,1H3,(H,12,13). The monoisotopic (exact) mass is 175 g/mol. The van der Waals surface area contributed by atoms with Gasteiger partial charge in [-0.05, 0) is 25.0 Å². The highest BCUT2D eigenvalue weighted by molar-refractivity contribution is 6.00. The van der Waals surface area contributed by atoms with Crippen LogP contribution in [0.2, 0.25) is 0 Å². The number of benzene rings is 1. The lowest BCUT2D eigenvalue weighted by atomic mass is 9.99. The zero-order valence-corrected chi connectivity index (χ0v) is 7.67. The Balaban J connectivity index is 2.51. The molecule has 0 amide bonds. The Morgan fingerprint density at radius 1 is 1.46 bits per heavy atom. The lowest BCUT2D eigenvalue weighted by Crippen LogP contribution is -2.34. The Morgan fingerprint density at radius 3 is 3.08 bits per heavy atom. The van der Waals surface area contributed by atoms with E-state index in [2.05, 4.69) is 35.5 Å². The maximum Gasteiger partial charge on any atom is 0.142 e. The van der Waals surface area contributed by atoms with Crippen molar-refractivity contribution in [2.45, 2.75) is 13.3 Å². The van der Waals surface area contributed by atoms with Crippen LogP contribution in [0.15, 0.2) is 23.2 Å². The van der Waals surface area contributed by atoms with Crippen molar-refractivity contribution in [1.29, 1.82) is 0 Å². The predicted octanol–water partition coefficient (Wildman–Crippen LogP) is 0.761. The summed E-state index contributed by atoms with van der Waals surface area (Å²) in [6.07, 6.45) is 1.01. The summed E-state index contributed by atoms with van der Waals surface area (Å²) in [5.41, 5.74) is 6.35. The SMILES string of the molecule is Cc1ccc2c(c1)C(NN)=NCC2. The molecule has 0 saturated heterocycles. The van der Waals surface area contributed by atoms with Gasteiger partial charge in [-0.3, -0.25) is 4.99 Å². The highest BCUT2D eigenvalue weighted by Gasteiger charge is 2.12. The van der Waals surface area contributed by atoms with Gasteiger partial charge < -0.3 is 5.43 Å². The molecule has 1 aliphatic heterocycles. The molecule has 0 aromatic heterocycles. The number of hydrazine groups is 1. The van der Waals surface area contributed by atoms with Crippen LogP contribution in [0.3, 0.4) is 0 Å². The molecule has 3 nitrogen and oxygen atoms in total. The largest absolute Gasteiger partial charge is 0.308 e. The van der Waals surface area contributed by atoms with Gasteiger partial charge in [-0.15, -0.1) is 0 Å². The van der Waals surface area contributed by atoms with Crippen molar-refractivity contribution in [1.82, 2.24) is 5.43 Å². The third-order valence-corrected chi connectivity index (χ3v) is 2.31. The van der Waals surface area contributed by atoms with Gasteiger partial charge in [-0.25, -0.2) is 5.84 Å². The molecule has 0 unspecified atom stereocenters. The minimum atomic E-state index is 0.810. The molecule has 13 heavy (non-hydrogen) atoms. The van der Waals surface area contributed by atoms with Gasteiger partial charge in [-0.2, -0.15) is 0 Å². The summed E-state index contributed by atoms with van der Waals surface area (Å²) in [6.45, 7) is 2.90. The number of aliphatic imine (C=N–C) groups is 1. The fraction of sp³-hybridized carbons (Fsp3) is 0.300. The van der Waals surface area contributed by atoms with Crippen molar-refractivity contribution in [2.24, 2.45) is 10.8 Å². The minimum absolute atomic E-state index is 0.810. The Kier molecular flexibility index (Phi) is 2.02. The predicted molar refractivity (Wildman–Crippen MR) is 53.6 cm³/mol. The van der Waals surface area contributed by atoms with E-state index in [1.165, 1.54) is 11.1 Å². The van der Waals surface area contributed by atoms with Crippen LogP contribution in [0.5, 0.6) is 0 Å². The highest BCUT2D eigenvalue weighted by Crippen LogP contribution is 2.16. The summed E-state index contributed by atoms with van der Waals surface area (Å²) >= 11 is 0. The molecular weight excluding hydrogens is 162 g/mol. The van der Waals surface area contributed by atoms with Crippen molar-refractivity contribution in [3.8, 4) is 0 Å². The molecular formula is C10H13N3. The van der Waals surface area contributed by atoms with E-state index in [-0.39, 0.29) is 0 Å². The summed E-state index contributed by atoms with van der Waals surface area (Å²) in [7, 11) is 0. The zero-order valence-electron chi connectivity index (χ0n) is 7.67. The number of amidine groups is 1. The molecule has 0 bridgehead atoms. The molecule has 3 heteroatoms. The molecule has 1 aliphatic rings. The van der Waals surface area contributed by atoms with Crippen LogP contribution in [0.1, 0.15) is 16.7 Å². The van der Waals surface area contributed by atoms with Crippen molar-refractivity contribution >= 4 is 5.84 Å². The minimum Gasteiger partial charge on any atom is -0.308 e. The number of rotatable bonds is 0. The van der Waals surface area contributed by atoms with E-state index in [9.17, 15) is 0 Å². The molecule has 68 valence electrons. The maximum atomic E-state index is 5.39. The number of nitrogens with zero attached hydrogens (tertiary/aromatic N) is 1. The van der Waals surface area contributed by atoms with Crippen LogP contribution in [0.4, 0.5) is 0 Å². The first kappa shape index (κ1) is 8.26. The van der Waals surface area contributed by atoms with Gasteiger partial charge in [0.05, 0.1) is 0 Å². The Morgan fingerprint density at radius 2 is 2.31 bits per heavy atom. The second-order valence-electron chi connectivity index (χ2n) is 3.29. The van der Waals surface area contributed by atoms with Gasteiger partial charge in [-0.1, -0.05) is 17.7 Å². The van der Waals surface area contributed by atoms with E-state index < -0.39 is 0 Å². The van der Waals surface area contributed by atoms with Crippen molar-refractivity contribution in [3.63, 3.8) is 0 Å². The molecule has 1 aromatic rings. The molecule has 0 saturated carbocycles. The molecule has 0 radical (unpaired) electrons. The lowest BCUT2D eigenvalue weighted by molar-refractivity contribution is 0.899. The fourth-order valence-corrected chi connectivity index (χ4v) is 1.63. The lowest BCUT2D eigenvalue weighted by Gasteiger charge is -2.16. The Labute approximate surface area is 77.6 Å². The molecule has 1 heterocycles. The maximum absolute atomic E-state index is 5.39. The van der Waals surface area contributed by atoms with Gasteiger partial charge in [0.2, 0.25) is 0 Å². The fourth-order valence-electron chi connectivity index (χ4n) is 1.63. The van der Waals surface area contributed by atoms with E-state index in [4.69, 9.17) is 5.84 Å². The zero-order chi connectivity index (χ0) is 9.26. The topological polar surface area (TPSA) is 50.4 Å². The van der Waals surface area contributed by atoms with Gasteiger partial charge >= 0.3 is 0 Å². The average Bonchev–Trinajstić information content (AvgIpc) is 2.17. The third kappa shape index (κ3) is 1.42. The van der Waals surface area contributed by atoms with Crippen LogP contribution in [0.25, 0.3) is 0 Å². The first-order valence-corrected chi connectivity index (χ1v) is 4.42. The van der Waals surface area contributed by atoms with E-state index in [1.807, 2.05) is 0 Å². The molecule has 2 rings (SSSR count). The van der Waals surface area contributed by atoms with E-state index in [1.54, 1.807) is 0 Å². The van der Waals surface area contributed by atoms with Crippen molar-refractivity contribution in [2.75, 3.05) is 6.54 Å². The van der Waals surface area contributed by atoms with Crippen molar-refractivity contribution in [3.05, 3.63) is 34.9 Å². The van der Waals surface area contributed by atoms with Crippen LogP contribution in [0, 0.1) is 6.92 Å². The van der Waals surface area contributed by atoms with Gasteiger partial charge in [0.15, 0.2) is 0 Å². The van der Waals surface area contributed by atoms with Gasteiger partial charge in [0.25, 0.3) is 0 Å². The second kappa shape index (κ2) is 3.18. The highest BCUT2D eigenvalue weighted by atomic mass is 15.3. The van der Waals surface area contributed by atoms with Gasteiger partial charge in [0, 0.05) is 12.1 Å². The second-order valence-corrected chi connectivity index (χ2v) is 3.29. The number of hydrogen-bond donors (Lipinski definition) is 2. The van der Waals surface area contributed by atoms with Crippen LogP contribution < -0.4 is 11.3 Å². The van der Waals surface area contributed by atoms with Crippen LogP contribution in [-0.2, 0) is 6.42 Å². The van der Waals surface area contributed by atoms with E-state index in [0.717, 1.165) is 24.4 Å². The van der Waals surface area contributed by atoms with Crippen LogP contribution >= 0.6 is 0 Å². The summed E-state index contributed by atoms with van der Waals surface area (Å²) in [5.74, 6) is 6.20. The molecule has 0 spiro atoms. The van der Waals surface area contributed by atoms with Crippen molar-refractivity contribution < 1.29 is 0 Å². The number of fused-ring (bicyclic) bond motifs is 1. The third-order valence-electron chi connectivity index (χ3n) is 2.31. The quantitative estimate of drug-likeness (QED) is 0.452. The summed E-state index contributed by atoms with van der Waals surface area (Å²) < 4.78 is 0. The van der Waals surface area contributed by atoms with E-state index >= 15 is 0 Å². The molecule has 0 fully saturated rings. The summed E-state index contributed by atoms with van der Waals surface area (Å²) in [5, 5.41) is 0. The van der Waals surface area contributed by atoms with Crippen LogP contribution in [-0.4, -0.2) is 12.4 Å². The summed E-state index contributed by atoms with van der Waals surface area (Å²) in [6, 6.07) is 6.39. The number of aryl methyl sites for hydroxylation is 1. The number of nitrogens with one attached hydrogen (secondary N) is 1. The molecule has 0 atom stereocenters. The molecule has 0 aliphatic carbocycles. The number of hydrogen-bond acceptors (Lipinski definition) is 3. The smallest absolute Gasteiger partial charge is 0.142 e. The molecule has 3 N–H and O–H groups in total. The number of nitrogens with two attached hydrogens (primary N) is 1. The summed E-state index contributed by atoms with van der Waals surface area (Å²) in [4.78, 5) is 4.31. The first-order valence-electron chi connectivity index (χ1n) is 4.42. The Hall–Kier alpha value is -1.35. The molecule has 1 aromatic carbocycles. The normalized spacial score (nSPS) is 14.8.